The minimum atomic E-state index is -4.43. The second-order valence-corrected chi connectivity index (χ2v) is 8.31. The van der Waals surface area contributed by atoms with Gasteiger partial charge in [0, 0.05) is 30.0 Å². The van der Waals surface area contributed by atoms with E-state index in [0.717, 1.165) is 29.2 Å². The van der Waals surface area contributed by atoms with E-state index in [2.05, 4.69) is 15.3 Å². The molecule has 5 rings (SSSR count). The molecule has 9 heteroatoms. The molecule has 0 amide bonds. The van der Waals surface area contributed by atoms with Gasteiger partial charge in [-0.1, -0.05) is 18.2 Å². The van der Waals surface area contributed by atoms with Crippen LogP contribution < -0.4 is 5.32 Å². The summed E-state index contributed by atoms with van der Waals surface area (Å²) in [5.74, 6) is 0. The molecule has 0 radical (unpaired) electrons. The summed E-state index contributed by atoms with van der Waals surface area (Å²) in [6.45, 7) is 0.439. The summed E-state index contributed by atoms with van der Waals surface area (Å²) in [4.78, 5) is 11.0. The Labute approximate surface area is 199 Å². The minimum Gasteiger partial charge on any atom is -0.352 e. The molecular weight excluding hydrogens is 459 g/mol. The van der Waals surface area contributed by atoms with E-state index in [4.69, 9.17) is 12.2 Å². The SMILES string of the molecule is FC(F)(F)c1cccc(-n2cccc2[C@H]2[C@@H](c3ccccn3)NC(=S)N2Cc2ccccn2)c1. The molecule has 4 heterocycles. The monoisotopic (exact) mass is 479 g/mol. The van der Waals surface area contributed by atoms with Gasteiger partial charge in [0.1, 0.15) is 0 Å². The molecule has 0 bridgehead atoms. The average molecular weight is 480 g/mol. The Hall–Kier alpha value is -3.72. The number of rotatable bonds is 5. The van der Waals surface area contributed by atoms with E-state index < -0.39 is 11.7 Å². The van der Waals surface area contributed by atoms with Gasteiger partial charge in [-0.15, -0.1) is 0 Å². The number of hydrogen-bond donors (Lipinski definition) is 1. The van der Waals surface area contributed by atoms with E-state index in [0.29, 0.717) is 17.3 Å². The number of alkyl halides is 3. The highest BCUT2D eigenvalue weighted by Gasteiger charge is 2.41. The largest absolute Gasteiger partial charge is 0.416 e. The van der Waals surface area contributed by atoms with Crippen LogP contribution in [-0.2, 0) is 12.7 Å². The van der Waals surface area contributed by atoms with Gasteiger partial charge in [0.15, 0.2) is 5.11 Å². The van der Waals surface area contributed by atoms with E-state index in [-0.39, 0.29) is 12.1 Å². The van der Waals surface area contributed by atoms with Gasteiger partial charge in [-0.05, 0) is 66.8 Å². The van der Waals surface area contributed by atoms with E-state index in [1.165, 1.54) is 6.07 Å². The molecule has 1 N–H and O–H groups in total. The van der Waals surface area contributed by atoms with Gasteiger partial charge in [0.2, 0.25) is 0 Å². The normalized spacial score (nSPS) is 18.2. The number of aromatic nitrogens is 3. The van der Waals surface area contributed by atoms with Crippen LogP contribution in [0, 0.1) is 0 Å². The highest BCUT2D eigenvalue weighted by atomic mass is 32.1. The quantitative estimate of drug-likeness (QED) is 0.385. The minimum absolute atomic E-state index is 0.295. The lowest BCUT2D eigenvalue weighted by molar-refractivity contribution is -0.137. The number of benzene rings is 1. The molecule has 4 aromatic rings. The third kappa shape index (κ3) is 4.26. The Morgan fingerprint density at radius 3 is 2.41 bits per heavy atom. The van der Waals surface area contributed by atoms with Crippen molar-refractivity contribution in [2.45, 2.75) is 24.8 Å². The smallest absolute Gasteiger partial charge is 0.352 e. The second kappa shape index (κ2) is 8.90. The maximum absolute atomic E-state index is 13.4. The summed E-state index contributed by atoms with van der Waals surface area (Å²) in [7, 11) is 0. The molecule has 34 heavy (non-hydrogen) atoms. The Balaban J connectivity index is 1.60. The van der Waals surface area contributed by atoms with Crippen molar-refractivity contribution in [1.82, 2.24) is 24.8 Å². The number of nitrogens with one attached hydrogen (secondary N) is 1. The van der Waals surface area contributed by atoms with Gasteiger partial charge in [-0.25, -0.2) is 0 Å². The van der Waals surface area contributed by atoms with Crippen LogP contribution in [0.25, 0.3) is 5.69 Å². The zero-order chi connectivity index (χ0) is 23.7. The first-order valence-electron chi connectivity index (χ1n) is 10.6. The highest BCUT2D eigenvalue weighted by Crippen LogP contribution is 2.40. The van der Waals surface area contributed by atoms with E-state index >= 15 is 0 Å². The summed E-state index contributed by atoms with van der Waals surface area (Å²) in [5, 5.41) is 3.90. The predicted molar refractivity (Wildman–Crippen MR) is 126 cm³/mol. The van der Waals surface area contributed by atoms with Gasteiger partial charge in [0.05, 0.1) is 35.6 Å². The summed E-state index contributed by atoms with van der Waals surface area (Å²) < 4.78 is 41.9. The van der Waals surface area contributed by atoms with Crippen LogP contribution in [0.15, 0.2) is 91.4 Å². The molecule has 1 fully saturated rings. The van der Waals surface area contributed by atoms with Crippen molar-refractivity contribution in [3.05, 3.63) is 114 Å². The fourth-order valence-electron chi connectivity index (χ4n) is 4.27. The summed E-state index contributed by atoms with van der Waals surface area (Å²) in [6.07, 6.45) is 0.769. The van der Waals surface area contributed by atoms with Gasteiger partial charge in [-0.2, -0.15) is 13.2 Å². The van der Waals surface area contributed by atoms with Crippen LogP contribution in [-0.4, -0.2) is 24.5 Å². The molecule has 3 aromatic heterocycles. The maximum atomic E-state index is 13.4. The van der Waals surface area contributed by atoms with Crippen molar-refractivity contribution >= 4 is 17.3 Å². The number of pyridine rings is 2. The average Bonchev–Trinajstić information content (AvgIpc) is 3.45. The van der Waals surface area contributed by atoms with Crippen LogP contribution in [0.4, 0.5) is 13.2 Å². The van der Waals surface area contributed by atoms with Crippen LogP contribution in [0.2, 0.25) is 0 Å². The molecule has 5 nitrogen and oxygen atoms in total. The lowest BCUT2D eigenvalue weighted by Gasteiger charge is -2.28. The molecule has 2 atom stereocenters. The third-order valence-electron chi connectivity index (χ3n) is 5.79. The first kappa shape index (κ1) is 22.1. The number of thiocarbonyl (C=S) groups is 1. The van der Waals surface area contributed by atoms with E-state index in [1.54, 1.807) is 29.2 Å². The topological polar surface area (TPSA) is 46.0 Å². The first-order valence-corrected chi connectivity index (χ1v) is 11.1. The molecular formula is C25H20F3N5S. The zero-order valence-electron chi connectivity index (χ0n) is 17.9. The Morgan fingerprint density at radius 2 is 1.71 bits per heavy atom. The van der Waals surface area contributed by atoms with Crippen LogP contribution in [0.5, 0.6) is 0 Å². The van der Waals surface area contributed by atoms with Crippen molar-refractivity contribution in [3.63, 3.8) is 0 Å². The van der Waals surface area contributed by atoms with Crippen LogP contribution in [0.3, 0.4) is 0 Å². The molecule has 172 valence electrons. The van der Waals surface area contributed by atoms with E-state index in [1.807, 2.05) is 53.4 Å². The molecule has 1 saturated heterocycles. The highest BCUT2D eigenvalue weighted by molar-refractivity contribution is 7.80. The number of halogens is 3. The summed E-state index contributed by atoms with van der Waals surface area (Å²) in [5.41, 5.74) is 2.13. The van der Waals surface area contributed by atoms with Crippen molar-refractivity contribution in [3.8, 4) is 5.69 Å². The van der Waals surface area contributed by atoms with Crippen molar-refractivity contribution in [1.29, 1.82) is 0 Å². The van der Waals surface area contributed by atoms with Crippen LogP contribution >= 0.6 is 12.2 Å². The fourth-order valence-corrected chi connectivity index (χ4v) is 4.57. The Kier molecular flexibility index (Phi) is 5.79. The van der Waals surface area contributed by atoms with E-state index in [9.17, 15) is 13.2 Å². The van der Waals surface area contributed by atoms with Crippen molar-refractivity contribution in [2.75, 3.05) is 0 Å². The van der Waals surface area contributed by atoms with Gasteiger partial charge in [-0.3, -0.25) is 9.97 Å². The second-order valence-electron chi connectivity index (χ2n) is 7.93. The summed E-state index contributed by atoms with van der Waals surface area (Å²) in [6, 6.07) is 19.7. The molecule has 0 unspecified atom stereocenters. The maximum Gasteiger partial charge on any atom is 0.416 e. The number of nitrogens with zero attached hydrogens (tertiary/aromatic N) is 4. The lowest BCUT2D eigenvalue weighted by Crippen LogP contribution is -2.30. The Bertz CT molecular complexity index is 1290. The zero-order valence-corrected chi connectivity index (χ0v) is 18.7. The van der Waals surface area contributed by atoms with Crippen LogP contribution in [0.1, 0.15) is 34.7 Å². The Morgan fingerprint density at radius 1 is 0.912 bits per heavy atom. The molecule has 1 aliphatic rings. The number of hydrogen-bond acceptors (Lipinski definition) is 3. The molecule has 0 spiro atoms. The molecule has 0 aliphatic carbocycles. The molecule has 1 aromatic carbocycles. The molecule has 0 saturated carbocycles. The fraction of sp³-hybridized carbons (Fsp3) is 0.160. The van der Waals surface area contributed by atoms with Gasteiger partial charge >= 0.3 is 6.18 Å². The third-order valence-corrected chi connectivity index (χ3v) is 6.14. The summed E-state index contributed by atoms with van der Waals surface area (Å²) >= 11 is 5.70. The molecule has 1 aliphatic heterocycles. The standard InChI is InChI=1S/C25H20F3N5S/c26-25(27,28)17-7-5-9-19(15-17)32-14-6-11-21(32)23-22(20-10-2-4-13-30-20)31-24(34)33(23)16-18-8-1-3-12-29-18/h1-15,22-23H,16H2,(H,31,34)/t22-,23+/m1/s1. The lowest BCUT2D eigenvalue weighted by atomic mass is 10.0. The van der Waals surface area contributed by atoms with Crippen molar-refractivity contribution < 1.29 is 13.2 Å². The van der Waals surface area contributed by atoms with Crippen molar-refractivity contribution in [2.24, 2.45) is 0 Å². The first-order chi connectivity index (χ1) is 16.4. The van der Waals surface area contributed by atoms with Gasteiger partial charge in [0.25, 0.3) is 0 Å². The predicted octanol–water partition coefficient (Wildman–Crippen LogP) is 5.46. The van der Waals surface area contributed by atoms with Gasteiger partial charge < -0.3 is 14.8 Å².